The lowest BCUT2D eigenvalue weighted by Crippen LogP contribution is -2.66. The molecule has 0 bridgehead atoms. The first-order valence-electron chi connectivity index (χ1n) is 12.7. The first-order valence-corrected chi connectivity index (χ1v) is 14.6. The molecule has 0 aliphatic carbocycles. The second-order valence-corrected chi connectivity index (χ2v) is 12.3. The number of hydrogen-bond acceptors (Lipinski definition) is 7. The molecule has 1 atom stereocenters. The van der Waals surface area contributed by atoms with E-state index in [2.05, 4.69) is 20.1 Å². The SMILES string of the molecule is CC(=O)[N+]1(C(=O)[C@@H](Cc2ccc(F)cc2)NS(C)(=O)=O)CCC(C2(Cn3cncn3)CCNCC2)CC1. The lowest BCUT2D eigenvalue weighted by Gasteiger charge is -2.48. The molecule has 0 saturated carbocycles. The topological polar surface area (TPSA) is 123 Å². The summed E-state index contributed by atoms with van der Waals surface area (Å²) in [7, 11) is -3.74. The highest BCUT2D eigenvalue weighted by atomic mass is 32.2. The summed E-state index contributed by atoms with van der Waals surface area (Å²) in [5, 5.41) is 7.75. The molecule has 4 rings (SSSR count). The number of amides is 2. The molecule has 2 aliphatic rings. The van der Waals surface area contributed by atoms with E-state index < -0.39 is 32.3 Å². The van der Waals surface area contributed by atoms with Gasteiger partial charge in [0.15, 0.2) is 0 Å². The average Bonchev–Trinajstić information content (AvgIpc) is 3.37. The van der Waals surface area contributed by atoms with E-state index in [0.29, 0.717) is 31.5 Å². The standard InChI is InChI=1S/C25H36FN6O4S/c1-19(33)32(24(34)23(30-37(2,35)36)15-20-3-5-22(26)6-4-20)13-7-21(8-14-32)25(9-11-27-12-10-25)16-31-18-28-17-29-31/h3-6,17-18,21,23,27,30H,7-16H2,1-2H3/q+1/t21?,23-,32?/m1/s1. The van der Waals surface area contributed by atoms with Gasteiger partial charge in [-0.25, -0.2) is 27.4 Å². The van der Waals surface area contributed by atoms with Gasteiger partial charge in [0.1, 0.15) is 24.5 Å². The molecular formula is C25H36FN6O4S+. The maximum Gasteiger partial charge on any atom is 0.339 e. The van der Waals surface area contributed by atoms with Crippen molar-refractivity contribution < 1.29 is 26.9 Å². The third kappa shape index (κ3) is 6.31. The van der Waals surface area contributed by atoms with Crippen LogP contribution in [0.4, 0.5) is 4.39 Å². The summed E-state index contributed by atoms with van der Waals surface area (Å²) in [6.07, 6.45) is 7.55. The zero-order chi connectivity index (χ0) is 26.7. The third-order valence-corrected chi connectivity index (χ3v) is 8.87. The lowest BCUT2D eigenvalue weighted by atomic mass is 9.65. The van der Waals surface area contributed by atoms with Crippen LogP contribution in [-0.4, -0.2) is 78.0 Å². The summed E-state index contributed by atoms with van der Waals surface area (Å²) in [5.74, 6) is -0.889. The normalized spacial score (nSPS) is 24.9. The van der Waals surface area contributed by atoms with Crippen molar-refractivity contribution in [1.82, 2.24) is 24.8 Å². The summed E-state index contributed by atoms with van der Waals surface area (Å²) >= 11 is 0. The first kappa shape index (κ1) is 27.5. The number of hydrogen-bond donors (Lipinski definition) is 2. The summed E-state index contributed by atoms with van der Waals surface area (Å²) in [6.45, 7) is 4.57. The highest BCUT2D eigenvalue weighted by molar-refractivity contribution is 7.88. The number of quaternary nitrogens is 1. The number of carbonyl (C=O) groups is 2. The molecule has 2 amide bonds. The smallest absolute Gasteiger partial charge is 0.317 e. The Morgan fingerprint density at radius 1 is 1.22 bits per heavy atom. The Hall–Kier alpha value is -2.54. The molecule has 1 aromatic carbocycles. The number of imide groups is 1. The van der Waals surface area contributed by atoms with Gasteiger partial charge < -0.3 is 5.32 Å². The fourth-order valence-electron chi connectivity index (χ4n) is 6.16. The maximum atomic E-state index is 13.9. The van der Waals surface area contributed by atoms with E-state index in [9.17, 15) is 22.4 Å². The molecule has 2 fully saturated rings. The molecular weight excluding hydrogens is 499 g/mol. The molecule has 2 N–H and O–H groups in total. The second kappa shape index (κ2) is 11.1. The Morgan fingerprint density at radius 3 is 2.41 bits per heavy atom. The molecule has 12 heteroatoms. The predicted octanol–water partition coefficient (Wildman–Crippen LogP) is 1.25. The van der Waals surface area contributed by atoms with Crippen LogP contribution in [0.5, 0.6) is 0 Å². The van der Waals surface area contributed by atoms with Gasteiger partial charge in [0.2, 0.25) is 10.0 Å². The largest absolute Gasteiger partial charge is 0.339 e. The van der Waals surface area contributed by atoms with Gasteiger partial charge in [-0.3, -0.25) is 4.68 Å². The van der Waals surface area contributed by atoms with Crippen LogP contribution in [0.25, 0.3) is 0 Å². The minimum Gasteiger partial charge on any atom is -0.317 e. The number of benzene rings is 1. The quantitative estimate of drug-likeness (QED) is 0.488. The minimum atomic E-state index is -3.74. The highest BCUT2D eigenvalue weighted by Crippen LogP contribution is 2.45. The molecule has 2 saturated heterocycles. The molecule has 37 heavy (non-hydrogen) atoms. The second-order valence-electron chi connectivity index (χ2n) is 10.5. The molecule has 202 valence electrons. The van der Waals surface area contributed by atoms with Crippen molar-refractivity contribution >= 4 is 21.8 Å². The van der Waals surface area contributed by atoms with Gasteiger partial charge >= 0.3 is 11.8 Å². The van der Waals surface area contributed by atoms with Crippen molar-refractivity contribution in [2.24, 2.45) is 11.3 Å². The molecule has 2 aromatic rings. The summed E-state index contributed by atoms with van der Waals surface area (Å²) in [5.41, 5.74) is 0.585. The number of piperidine rings is 2. The number of likely N-dealkylation sites (tertiary alicyclic amines) is 1. The van der Waals surface area contributed by atoms with E-state index in [1.807, 2.05) is 4.68 Å². The summed E-state index contributed by atoms with van der Waals surface area (Å²) in [4.78, 5) is 31.1. The van der Waals surface area contributed by atoms with Gasteiger partial charge in [0.05, 0.1) is 26.3 Å². The molecule has 0 unspecified atom stereocenters. The monoisotopic (exact) mass is 535 g/mol. The molecule has 2 aliphatic heterocycles. The minimum absolute atomic E-state index is 0.0204. The zero-order valence-electron chi connectivity index (χ0n) is 21.4. The van der Waals surface area contributed by atoms with Crippen LogP contribution in [0.1, 0.15) is 38.2 Å². The van der Waals surface area contributed by atoms with Gasteiger partial charge in [-0.1, -0.05) is 12.1 Å². The van der Waals surface area contributed by atoms with Crippen LogP contribution in [0.2, 0.25) is 0 Å². The van der Waals surface area contributed by atoms with Gasteiger partial charge in [-0.15, -0.1) is 0 Å². The van der Waals surface area contributed by atoms with Crippen molar-refractivity contribution in [3.05, 3.63) is 48.3 Å². The fourth-order valence-corrected chi connectivity index (χ4v) is 6.86. The van der Waals surface area contributed by atoms with Crippen molar-refractivity contribution in [2.45, 2.75) is 51.6 Å². The van der Waals surface area contributed by atoms with Gasteiger partial charge in [-0.05, 0) is 55.0 Å². The fraction of sp³-hybridized carbons (Fsp3) is 0.600. The van der Waals surface area contributed by atoms with Crippen LogP contribution in [0.15, 0.2) is 36.9 Å². The molecule has 0 spiro atoms. The average molecular weight is 536 g/mol. The van der Waals surface area contributed by atoms with E-state index in [1.165, 1.54) is 37.5 Å². The lowest BCUT2D eigenvalue weighted by molar-refractivity contribution is -0.787. The summed E-state index contributed by atoms with van der Waals surface area (Å²) < 4.78 is 41.7. The van der Waals surface area contributed by atoms with E-state index in [4.69, 9.17) is 0 Å². The Bertz CT molecular complexity index is 1190. The molecule has 10 nitrogen and oxygen atoms in total. The Balaban J connectivity index is 1.57. The Morgan fingerprint density at radius 2 is 1.86 bits per heavy atom. The number of halogens is 1. The number of nitrogens with zero attached hydrogens (tertiary/aromatic N) is 4. The van der Waals surface area contributed by atoms with Crippen molar-refractivity contribution in [3.63, 3.8) is 0 Å². The van der Waals surface area contributed by atoms with Gasteiger partial charge in [0, 0.05) is 25.8 Å². The van der Waals surface area contributed by atoms with Crippen LogP contribution >= 0.6 is 0 Å². The predicted molar refractivity (Wildman–Crippen MR) is 135 cm³/mol. The molecule has 1 aromatic heterocycles. The maximum absolute atomic E-state index is 13.9. The summed E-state index contributed by atoms with van der Waals surface area (Å²) in [6, 6.07) is 4.45. The van der Waals surface area contributed by atoms with Crippen molar-refractivity contribution in [1.29, 1.82) is 0 Å². The van der Waals surface area contributed by atoms with Crippen molar-refractivity contribution in [3.8, 4) is 0 Å². The number of carbonyl (C=O) groups excluding carboxylic acids is 2. The van der Waals surface area contributed by atoms with Crippen LogP contribution < -0.4 is 10.0 Å². The van der Waals surface area contributed by atoms with Crippen LogP contribution in [0.3, 0.4) is 0 Å². The number of aromatic nitrogens is 3. The highest BCUT2D eigenvalue weighted by Gasteiger charge is 2.52. The number of nitrogens with one attached hydrogen (secondary N) is 2. The van der Waals surface area contributed by atoms with Crippen LogP contribution in [0, 0.1) is 17.2 Å². The van der Waals surface area contributed by atoms with Crippen molar-refractivity contribution in [2.75, 3.05) is 32.4 Å². The van der Waals surface area contributed by atoms with E-state index >= 15 is 0 Å². The van der Waals surface area contributed by atoms with E-state index in [-0.39, 0.29) is 23.7 Å². The van der Waals surface area contributed by atoms with Gasteiger partial charge in [0.25, 0.3) is 0 Å². The Kier molecular flexibility index (Phi) is 8.22. The van der Waals surface area contributed by atoms with Gasteiger partial charge in [-0.2, -0.15) is 14.3 Å². The molecule has 0 radical (unpaired) electrons. The first-order chi connectivity index (χ1) is 17.5. The third-order valence-electron chi connectivity index (χ3n) is 8.16. The van der Waals surface area contributed by atoms with E-state index in [1.54, 1.807) is 6.33 Å². The Labute approximate surface area is 217 Å². The van der Waals surface area contributed by atoms with Crippen LogP contribution in [-0.2, 0) is 32.6 Å². The molecule has 3 heterocycles. The van der Waals surface area contributed by atoms with E-state index in [0.717, 1.165) is 38.7 Å². The number of rotatable bonds is 8. The number of sulfonamides is 1. The zero-order valence-corrected chi connectivity index (χ0v) is 22.2.